The molecular formula is C32H32F2N6O6. The Labute approximate surface area is 263 Å². The molecule has 2 aromatic carbocycles. The summed E-state index contributed by atoms with van der Waals surface area (Å²) in [6.07, 6.45) is 2.51. The van der Waals surface area contributed by atoms with Crippen LogP contribution in [0.1, 0.15) is 23.0 Å². The second-order valence-corrected chi connectivity index (χ2v) is 10.3. The van der Waals surface area contributed by atoms with Gasteiger partial charge >= 0.3 is 0 Å². The van der Waals surface area contributed by atoms with E-state index in [2.05, 4.69) is 32.4 Å². The van der Waals surface area contributed by atoms with Gasteiger partial charge in [0.2, 0.25) is 17.6 Å². The Bertz CT molecular complexity index is 1820. The largest absolute Gasteiger partial charge is 0.494 e. The summed E-state index contributed by atoms with van der Waals surface area (Å²) in [5.41, 5.74) is 1.25. The number of carbonyl (C=O) groups is 3. The molecule has 1 fully saturated rings. The quantitative estimate of drug-likeness (QED) is 0.163. The number of furan rings is 1. The molecule has 0 atom stereocenters. The number of nitrogens with zero attached hydrogens (tertiary/aromatic N) is 3. The van der Waals surface area contributed by atoms with Crippen LogP contribution < -0.4 is 30.3 Å². The van der Waals surface area contributed by atoms with Gasteiger partial charge in [0.25, 0.3) is 0 Å². The zero-order valence-corrected chi connectivity index (χ0v) is 25.6. The Morgan fingerprint density at radius 1 is 1.00 bits per heavy atom. The van der Waals surface area contributed by atoms with Crippen molar-refractivity contribution in [2.45, 2.75) is 6.92 Å². The summed E-state index contributed by atoms with van der Waals surface area (Å²) in [7, 11) is 3.90. The van der Waals surface area contributed by atoms with Crippen molar-refractivity contribution in [1.82, 2.24) is 9.88 Å². The zero-order valence-electron chi connectivity index (χ0n) is 25.6. The van der Waals surface area contributed by atoms with Gasteiger partial charge in [-0.1, -0.05) is 6.58 Å². The van der Waals surface area contributed by atoms with Crippen LogP contribution >= 0.6 is 0 Å². The number of ketones is 1. The first-order chi connectivity index (χ1) is 22.1. The highest BCUT2D eigenvalue weighted by Gasteiger charge is 2.31. The highest BCUT2D eigenvalue weighted by atomic mass is 19.1. The first kappa shape index (κ1) is 31.8. The van der Waals surface area contributed by atoms with E-state index in [0.29, 0.717) is 48.8 Å². The molecule has 46 heavy (non-hydrogen) atoms. The van der Waals surface area contributed by atoms with Crippen LogP contribution in [0, 0.1) is 11.6 Å². The van der Waals surface area contributed by atoms with Crippen LogP contribution in [-0.2, 0) is 9.59 Å². The first-order valence-electron chi connectivity index (χ1n) is 14.2. The second-order valence-electron chi connectivity index (χ2n) is 10.3. The van der Waals surface area contributed by atoms with E-state index in [9.17, 15) is 14.4 Å². The summed E-state index contributed by atoms with van der Waals surface area (Å²) in [6, 6.07) is 8.07. The summed E-state index contributed by atoms with van der Waals surface area (Å²) in [5, 5.41) is 9.26. The lowest BCUT2D eigenvalue weighted by Gasteiger charge is -2.36. The number of rotatable bonds is 10. The van der Waals surface area contributed by atoms with Gasteiger partial charge in [-0.2, -0.15) is 0 Å². The van der Waals surface area contributed by atoms with Crippen molar-refractivity contribution in [3.63, 3.8) is 0 Å². The van der Waals surface area contributed by atoms with Crippen LogP contribution in [0.15, 0.2) is 53.6 Å². The number of hydrogen-bond acceptors (Lipinski definition) is 10. The molecule has 3 heterocycles. The third-order valence-electron chi connectivity index (χ3n) is 7.63. The number of pyridine rings is 1. The lowest BCUT2D eigenvalue weighted by atomic mass is 10.0. The van der Waals surface area contributed by atoms with E-state index in [0.717, 1.165) is 17.8 Å². The van der Waals surface area contributed by atoms with Crippen LogP contribution in [0.4, 0.5) is 37.3 Å². The number of hydrogen-bond donors (Lipinski definition) is 3. The van der Waals surface area contributed by atoms with Gasteiger partial charge < -0.3 is 39.6 Å². The number of benzene rings is 2. The summed E-state index contributed by atoms with van der Waals surface area (Å²) in [4.78, 5) is 45.8. The van der Waals surface area contributed by atoms with E-state index < -0.39 is 28.9 Å². The molecule has 12 nitrogen and oxygen atoms in total. The van der Waals surface area contributed by atoms with Crippen molar-refractivity contribution < 1.29 is 37.1 Å². The van der Waals surface area contributed by atoms with Gasteiger partial charge in [0.1, 0.15) is 11.4 Å². The van der Waals surface area contributed by atoms with E-state index in [4.69, 9.17) is 13.9 Å². The maximum Gasteiger partial charge on any atom is 0.247 e. The Hall–Kier alpha value is -5.66. The summed E-state index contributed by atoms with van der Waals surface area (Å²) >= 11 is 0. The fourth-order valence-electron chi connectivity index (χ4n) is 5.22. The first-order valence-corrected chi connectivity index (χ1v) is 14.2. The van der Waals surface area contributed by atoms with E-state index in [1.165, 1.54) is 27.5 Å². The van der Waals surface area contributed by atoms with Gasteiger partial charge in [-0.25, -0.2) is 13.8 Å². The lowest BCUT2D eigenvalue weighted by Crippen LogP contribution is -2.48. The summed E-state index contributed by atoms with van der Waals surface area (Å²) in [5.74, 6) is -4.65. The molecule has 14 heteroatoms. The fourth-order valence-corrected chi connectivity index (χ4v) is 5.22. The van der Waals surface area contributed by atoms with E-state index >= 15 is 8.78 Å². The average molecular weight is 635 g/mol. The molecule has 0 saturated carbocycles. The molecule has 0 unspecified atom stereocenters. The summed E-state index contributed by atoms with van der Waals surface area (Å²) < 4.78 is 46.0. The Morgan fingerprint density at radius 2 is 1.67 bits per heavy atom. The maximum atomic E-state index is 15.2. The number of anilines is 5. The number of carbonyl (C=O) groups excluding carboxylic acids is 3. The van der Waals surface area contributed by atoms with Crippen LogP contribution in [0.2, 0.25) is 0 Å². The van der Waals surface area contributed by atoms with Crippen molar-refractivity contribution in [3.8, 4) is 11.5 Å². The van der Waals surface area contributed by atoms with Gasteiger partial charge in [-0.3, -0.25) is 14.4 Å². The van der Waals surface area contributed by atoms with Crippen LogP contribution in [0.3, 0.4) is 0 Å². The van der Waals surface area contributed by atoms with E-state index in [1.807, 2.05) is 12.1 Å². The molecule has 2 aromatic heterocycles. The number of amides is 2. The Morgan fingerprint density at radius 3 is 2.26 bits per heavy atom. The van der Waals surface area contributed by atoms with Crippen LogP contribution in [-0.4, -0.2) is 74.9 Å². The predicted octanol–water partition coefficient (Wildman–Crippen LogP) is 4.93. The van der Waals surface area contributed by atoms with Gasteiger partial charge in [-0.05, 0) is 30.3 Å². The lowest BCUT2D eigenvalue weighted by molar-refractivity contribution is -0.129. The topological polar surface area (TPSA) is 138 Å². The number of aromatic nitrogens is 1. The monoisotopic (exact) mass is 634 g/mol. The smallest absolute Gasteiger partial charge is 0.247 e. The number of nitrogens with one attached hydrogen (secondary N) is 3. The molecule has 0 bridgehead atoms. The van der Waals surface area contributed by atoms with E-state index in [1.54, 1.807) is 24.0 Å². The predicted molar refractivity (Wildman–Crippen MR) is 169 cm³/mol. The number of methoxy groups -OCH3 is 2. The highest BCUT2D eigenvalue weighted by Crippen LogP contribution is 2.38. The van der Waals surface area contributed by atoms with Gasteiger partial charge in [0, 0.05) is 57.3 Å². The molecule has 240 valence electrons. The SMILES string of the molecule is C=CC(=O)Nc1cc(N2CCN(C(C)=O)CC2)ccc1Nc1cc2c(NC)c(C(=O)c3c(F)c(OC)cc(OC)c3F)oc2cn1. The molecule has 0 radical (unpaired) electrons. The molecule has 1 saturated heterocycles. The summed E-state index contributed by atoms with van der Waals surface area (Å²) in [6.45, 7) is 7.50. The highest BCUT2D eigenvalue weighted by molar-refractivity contribution is 6.15. The number of fused-ring (bicyclic) bond motifs is 1. The third kappa shape index (κ3) is 6.01. The van der Waals surface area contributed by atoms with Crippen molar-refractivity contribution in [2.75, 3.05) is 68.3 Å². The fraction of sp³-hybridized carbons (Fsp3) is 0.250. The van der Waals surface area contributed by atoms with Crippen molar-refractivity contribution in [2.24, 2.45) is 0 Å². The minimum atomic E-state index is -1.20. The Kier molecular flexibility index (Phi) is 9.07. The van der Waals surface area contributed by atoms with E-state index in [-0.39, 0.29) is 34.4 Å². The van der Waals surface area contributed by atoms with Crippen molar-refractivity contribution in [3.05, 3.63) is 72.1 Å². The second kappa shape index (κ2) is 13.1. The minimum Gasteiger partial charge on any atom is -0.494 e. The minimum absolute atomic E-state index is 0.0259. The average Bonchev–Trinajstić information content (AvgIpc) is 3.43. The molecule has 0 spiro atoms. The van der Waals surface area contributed by atoms with Crippen molar-refractivity contribution >= 4 is 57.1 Å². The standard InChI is InChI=1S/C32H32F2N6O6/c1-6-26(42)38-21-13-18(40-11-9-39(10-12-40)17(2)41)7-8-20(21)37-25-14-19-24(16-36-25)46-32(30(19)35-3)31(43)27-28(33)22(44-4)15-23(45-5)29(27)34/h6-8,13-16,35H,1,9-12H2,2-5H3,(H,36,37)(H,38,42). The van der Waals surface area contributed by atoms with Crippen molar-refractivity contribution in [1.29, 1.82) is 0 Å². The number of halogens is 2. The molecule has 3 N–H and O–H groups in total. The van der Waals surface area contributed by atoms with Gasteiger partial charge in [0.05, 0.1) is 37.5 Å². The number of piperazine rings is 1. The molecule has 5 rings (SSSR count). The van der Waals surface area contributed by atoms with Gasteiger partial charge in [0.15, 0.2) is 34.5 Å². The molecular weight excluding hydrogens is 602 g/mol. The molecule has 1 aliphatic rings. The van der Waals surface area contributed by atoms with Crippen LogP contribution in [0.25, 0.3) is 11.0 Å². The molecule has 1 aliphatic heterocycles. The molecule has 0 aliphatic carbocycles. The van der Waals surface area contributed by atoms with Crippen LogP contribution in [0.5, 0.6) is 11.5 Å². The van der Waals surface area contributed by atoms with Gasteiger partial charge in [-0.15, -0.1) is 0 Å². The molecule has 2 amide bonds. The normalized spacial score (nSPS) is 12.9. The third-order valence-corrected chi connectivity index (χ3v) is 7.63. The maximum absolute atomic E-state index is 15.2. The zero-order chi connectivity index (χ0) is 33.1. The number of ether oxygens (including phenoxy) is 2. The Balaban J connectivity index is 1.49. The molecule has 4 aromatic rings.